The molecule has 0 radical (unpaired) electrons. The smallest absolute Gasteiger partial charge is 0.127 e. The number of fused-ring (bicyclic) bond motifs is 1. The highest BCUT2D eigenvalue weighted by Crippen LogP contribution is 2.37. The van der Waals surface area contributed by atoms with E-state index in [1.54, 1.807) is 23.5 Å². The Labute approximate surface area is 120 Å². The molecule has 0 fully saturated rings. The molecule has 2 aromatic rings. The lowest BCUT2D eigenvalue weighted by Crippen LogP contribution is -2.25. The van der Waals surface area contributed by atoms with Crippen molar-refractivity contribution in [1.29, 1.82) is 0 Å². The predicted molar refractivity (Wildman–Crippen MR) is 77.2 cm³/mol. The lowest BCUT2D eigenvalue weighted by atomic mass is 10.1. The molecule has 5 heteroatoms. The highest BCUT2D eigenvalue weighted by atomic mass is 35.5. The molecule has 19 heavy (non-hydrogen) atoms. The van der Waals surface area contributed by atoms with Gasteiger partial charge in [0, 0.05) is 22.5 Å². The lowest BCUT2D eigenvalue weighted by molar-refractivity contribution is 0.301. The zero-order valence-electron chi connectivity index (χ0n) is 10.4. The molecule has 0 bridgehead atoms. The number of phenols is 1. The van der Waals surface area contributed by atoms with Gasteiger partial charge in [-0.15, -0.1) is 11.3 Å². The first-order valence-electron chi connectivity index (χ1n) is 6.10. The van der Waals surface area contributed by atoms with Gasteiger partial charge in [-0.2, -0.15) is 0 Å². The molecular formula is C14H14ClNO2S. The summed E-state index contributed by atoms with van der Waals surface area (Å²) in [5.74, 6) is 0.992. The number of phenolic OH excluding ortho intramolecular Hbond substituents is 1. The Balaban J connectivity index is 1.76. The highest BCUT2D eigenvalue weighted by Gasteiger charge is 2.26. The number of ether oxygens (including phenoxy) is 1. The van der Waals surface area contributed by atoms with Crippen molar-refractivity contribution in [3.63, 3.8) is 0 Å². The van der Waals surface area contributed by atoms with Crippen molar-refractivity contribution >= 4 is 22.9 Å². The molecule has 0 saturated carbocycles. The van der Waals surface area contributed by atoms with Crippen LogP contribution >= 0.6 is 22.9 Å². The molecule has 0 amide bonds. The minimum absolute atomic E-state index is 0.145. The maximum atomic E-state index is 9.43. The standard InChI is InChI=1S/C14H14ClNO2S/c1-8(13-4-5-14(15)19-13)16-11-7-18-12-6-9(17)2-3-10(11)12/h2-6,8,11,16-17H,7H2,1H3. The molecule has 0 aliphatic carbocycles. The Bertz CT molecular complexity index is 599. The molecule has 1 aromatic carbocycles. The van der Waals surface area contributed by atoms with Gasteiger partial charge in [-0.25, -0.2) is 0 Å². The van der Waals surface area contributed by atoms with Gasteiger partial charge in [0.05, 0.1) is 10.4 Å². The van der Waals surface area contributed by atoms with Gasteiger partial charge in [0.15, 0.2) is 0 Å². The zero-order valence-corrected chi connectivity index (χ0v) is 12.0. The van der Waals surface area contributed by atoms with E-state index in [2.05, 4.69) is 12.2 Å². The second-order valence-corrected chi connectivity index (χ2v) is 6.36. The van der Waals surface area contributed by atoms with Gasteiger partial charge in [0.25, 0.3) is 0 Å². The number of hydrogen-bond donors (Lipinski definition) is 2. The topological polar surface area (TPSA) is 41.5 Å². The van der Waals surface area contributed by atoms with E-state index in [-0.39, 0.29) is 17.8 Å². The first-order valence-corrected chi connectivity index (χ1v) is 7.30. The zero-order chi connectivity index (χ0) is 13.4. The Kier molecular flexibility index (Phi) is 3.39. The number of thiophene rings is 1. The second kappa shape index (κ2) is 5.04. The fraction of sp³-hybridized carbons (Fsp3) is 0.286. The van der Waals surface area contributed by atoms with Crippen LogP contribution in [0, 0.1) is 0 Å². The normalized spacial score (nSPS) is 18.9. The van der Waals surface area contributed by atoms with Gasteiger partial charge in [-0.1, -0.05) is 11.6 Å². The minimum atomic E-state index is 0.145. The number of aromatic hydroxyl groups is 1. The van der Waals surface area contributed by atoms with Crippen molar-refractivity contribution < 1.29 is 9.84 Å². The molecule has 100 valence electrons. The second-order valence-electron chi connectivity index (χ2n) is 4.62. The average Bonchev–Trinajstić information content (AvgIpc) is 2.96. The van der Waals surface area contributed by atoms with Crippen LogP contribution in [0.15, 0.2) is 30.3 Å². The van der Waals surface area contributed by atoms with Crippen LogP contribution in [0.4, 0.5) is 0 Å². The largest absolute Gasteiger partial charge is 0.508 e. The quantitative estimate of drug-likeness (QED) is 0.902. The van der Waals surface area contributed by atoms with E-state index in [1.165, 1.54) is 4.88 Å². The molecule has 2 N–H and O–H groups in total. The third-order valence-corrected chi connectivity index (χ3v) is 4.66. The third-order valence-electron chi connectivity index (χ3n) is 3.25. The number of nitrogens with one attached hydrogen (secondary N) is 1. The lowest BCUT2D eigenvalue weighted by Gasteiger charge is -2.17. The van der Waals surface area contributed by atoms with E-state index in [9.17, 15) is 5.11 Å². The number of hydrogen-bond acceptors (Lipinski definition) is 4. The summed E-state index contributed by atoms with van der Waals surface area (Å²) in [6, 6.07) is 9.56. The summed E-state index contributed by atoms with van der Waals surface area (Å²) in [4.78, 5) is 1.21. The van der Waals surface area contributed by atoms with E-state index in [0.29, 0.717) is 6.61 Å². The van der Waals surface area contributed by atoms with Crippen LogP contribution in [-0.4, -0.2) is 11.7 Å². The fourth-order valence-electron chi connectivity index (χ4n) is 2.28. The van der Waals surface area contributed by atoms with Crippen molar-refractivity contribution in [2.45, 2.75) is 19.0 Å². The van der Waals surface area contributed by atoms with E-state index in [4.69, 9.17) is 16.3 Å². The Morgan fingerprint density at radius 1 is 1.42 bits per heavy atom. The third kappa shape index (κ3) is 2.56. The van der Waals surface area contributed by atoms with Gasteiger partial charge >= 0.3 is 0 Å². The first kappa shape index (κ1) is 12.8. The number of benzene rings is 1. The molecule has 3 nitrogen and oxygen atoms in total. The summed E-state index contributed by atoms with van der Waals surface area (Å²) in [5.41, 5.74) is 1.09. The van der Waals surface area contributed by atoms with Crippen molar-refractivity contribution in [3.05, 3.63) is 45.1 Å². The maximum Gasteiger partial charge on any atom is 0.127 e. The molecule has 1 aliphatic heterocycles. The van der Waals surface area contributed by atoms with E-state index in [0.717, 1.165) is 15.6 Å². The van der Waals surface area contributed by atoms with Gasteiger partial charge in [0.2, 0.25) is 0 Å². The van der Waals surface area contributed by atoms with Crippen LogP contribution in [0.5, 0.6) is 11.5 Å². The van der Waals surface area contributed by atoms with E-state index >= 15 is 0 Å². The van der Waals surface area contributed by atoms with Crippen LogP contribution in [0.25, 0.3) is 0 Å². The van der Waals surface area contributed by atoms with Crippen molar-refractivity contribution in [3.8, 4) is 11.5 Å². The minimum Gasteiger partial charge on any atom is -0.508 e. The van der Waals surface area contributed by atoms with Crippen molar-refractivity contribution in [2.75, 3.05) is 6.61 Å². The molecule has 2 atom stereocenters. The van der Waals surface area contributed by atoms with Gasteiger partial charge in [-0.05, 0) is 31.2 Å². The maximum absolute atomic E-state index is 9.43. The van der Waals surface area contributed by atoms with Gasteiger partial charge in [-0.3, -0.25) is 5.32 Å². The van der Waals surface area contributed by atoms with E-state index in [1.807, 2.05) is 18.2 Å². The summed E-state index contributed by atoms with van der Waals surface area (Å²) in [6.07, 6.45) is 0. The van der Waals surface area contributed by atoms with Gasteiger partial charge < -0.3 is 9.84 Å². The molecule has 1 aliphatic rings. The van der Waals surface area contributed by atoms with Crippen molar-refractivity contribution in [2.24, 2.45) is 0 Å². The van der Waals surface area contributed by atoms with E-state index < -0.39 is 0 Å². The van der Waals surface area contributed by atoms with Crippen LogP contribution in [0.2, 0.25) is 4.34 Å². The van der Waals surface area contributed by atoms with Crippen LogP contribution < -0.4 is 10.1 Å². The molecule has 3 rings (SSSR count). The molecule has 1 aromatic heterocycles. The highest BCUT2D eigenvalue weighted by molar-refractivity contribution is 7.16. The molecule has 2 unspecified atom stereocenters. The van der Waals surface area contributed by atoms with Crippen LogP contribution in [0.1, 0.15) is 29.4 Å². The summed E-state index contributed by atoms with van der Waals surface area (Å²) in [5, 5.41) is 13.0. The SMILES string of the molecule is CC(NC1COc2cc(O)ccc21)c1ccc(Cl)s1. The fourth-order valence-corrected chi connectivity index (χ4v) is 3.35. The molecule has 0 spiro atoms. The molecule has 2 heterocycles. The molecule has 0 saturated heterocycles. The van der Waals surface area contributed by atoms with Gasteiger partial charge in [0.1, 0.15) is 18.1 Å². The average molecular weight is 296 g/mol. The summed E-state index contributed by atoms with van der Waals surface area (Å²) >= 11 is 7.54. The Morgan fingerprint density at radius 2 is 2.26 bits per heavy atom. The first-order chi connectivity index (χ1) is 9.13. The van der Waals surface area contributed by atoms with Crippen LogP contribution in [-0.2, 0) is 0 Å². The Hall–Kier alpha value is -1.23. The summed E-state index contributed by atoms with van der Waals surface area (Å²) < 4.78 is 6.39. The van der Waals surface area contributed by atoms with Crippen molar-refractivity contribution in [1.82, 2.24) is 5.32 Å². The molecular weight excluding hydrogens is 282 g/mol. The monoisotopic (exact) mass is 295 g/mol. The predicted octanol–water partition coefficient (Wildman–Crippen LogP) is 3.89. The Morgan fingerprint density at radius 3 is 3.00 bits per heavy atom. The summed E-state index contributed by atoms with van der Waals surface area (Å²) in [7, 11) is 0. The number of halogens is 1. The summed E-state index contributed by atoms with van der Waals surface area (Å²) in [6.45, 7) is 2.70. The number of rotatable bonds is 3. The van der Waals surface area contributed by atoms with Crippen LogP contribution in [0.3, 0.4) is 0 Å².